The SMILES string of the molecule is O=C1CN(C(=O)N[C@@H]2CCCOc3ccccc32)[C@H]2CCCC[C@@H]2N1. The van der Waals surface area contributed by atoms with Crippen molar-refractivity contribution in [2.24, 2.45) is 0 Å². The van der Waals surface area contributed by atoms with Crippen LogP contribution >= 0.6 is 0 Å². The Morgan fingerprint density at radius 3 is 2.92 bits per heavy atom. The molecule has 3 atom stereocenters. The van der Waals surface area contributed by atoms with Crippen LogP contribution in [0.15, 0.2) is 24.3 Å². The molecule has 1 aromatic rings. The highest BCUT2D eigenvalue weighted by Crippen LogP contribution is 2.32. The lowest BCUT2D eigenvalue weighted by Gasteiger charge is -2.44. The maximum Gasteiger partial charge on any atom is 0.318 e. The van der Waals surface area contributed by atoms with Gasteiger partial charge in [-0.25, -0.2) is 4.79 Å². The molecule has 4 rings (SSSR count). The molecular weight excluding hydrogens is 318 g/mol. The first-order chi connectivity index (χ1) is 12.2. The Kier molecular flexibility index (Phi) is 4.51. The van der Waals surface area contributed by atoms with Crippen LogP contribution in [0.5, 0.6) is 5.75 Å². The number of para-hydroxylation sites is 1. The van der Waals surface area contributed by atoms with Gasteiger partial charge in [-0.15, -0.1) is 0 Å². The molecule has 25 heavy (non-hydrogen) atoms. The number of fused-ring (bicyclic) bond motifs is 2. The Bertz CT molecular complexity index is 663. The van der Waals surface area contributed by atoms with Gasteiger partial charge < -0.3 is 20.3 Å². The number of urea groups is 1. The number of amides is 3. The fourth-order valence-corrected chi connectivity index (χ4v) is 4.31. The largest absolute Gasteiger partial charge is 0.493 e. The van der Waals surface area contributed by atoms with Gasteiger partial charge in [0.2, 0.25) is 5.91 Å². The monoisotopic (exact) mass is 343 g/mol. The fraction of sp³-hybridized carbons (Fsp3) is 0.579. The summed E-state index contributed by atoms with van der Waals surface area (Å²) < 4.78 is 5.78. The molecule has 0 bridgehead atoms. The first-order valence-electron chi connectivity index (χ1n) is 9.30. The molecule has 0 spiro atoms. The molecule has 2 aliphatic heterocycles. The molecule has 3 amide bonds. The molecule has 134 valence electrons. The summed E-state index contributed by atoms with van der Waals surface area (Å²) in [5, 5.41) is 6.22. The van der Waals surface area contributed by atoms with E-state index < -0.39 is 0 Å². The number of carbonyl (C=O) groups excluding carboxylic acids is 2. The van der Waals surface area contributed by atoms with Crippen LogP contribution in [0.3, 0.4) is 0 Å². The summed E-state index contributed by atoms with van der Waals surface area (Å²) in [6, 6.07) is 7.90. The van der Waals surface area contributed by atoms with Gasteiger partial charge in [0.1, 0.15) is 12.3 Å². The van der Waals surface area contributed by atoms with Gasteiger partial charge >= 0.3 is 6.03 Å². The van der Waals surface area contributed by atoms with E-state index in [1.807, 2.05) is 24.3 Å². The lowest BCUT2D eigenvalue weighted by molar-refractivity contribution is -0.126. The van der Waals surface area contributed by atoms with Gasteiger partial charge in [-0.1, -0.05) is 31.0 Å². The van der Waals surface area contributed by atoms with E-state index in [2.05, 4.69) is 10.6 Å². The summed E-state index contributed by atoms with van der Waals surface area (Å²) in [6.45, 7) is 0.818. The van der Waals surface area contributed by atoms with E-state index in [1.165, 1.54) is 0 Å². The Morgan fingerprint density at radius 2 is 2.00 bits per heavy atom. The predicted octanol–water partition coefficient (Wildman–Crippen LogP) is 2.35. The Morgan fingerprint density at radius 1 is 1.16 bits per heavy atom. The van der Waals surface area contributed by atoms with E-state index in [0.717, 1.165) is 49.8 Å². The van der Waals surface area contributed by atoms with E-state index in [-0.39, 0.29) is 36.6 Å². The molecule has 6 heteroatoms. The molecule has 2 fully saturated rings. The molecule has 3 aliphatic rings. The van der Waals surface area contributed by atoms with E-state index in [4.69, 9.17) is 4.74 Å². The number of rotatable bonds is 1. The number of benzene rings is 1. The average Bonchev–Trinajstić information content (AvgIpc) is 2.83. The minimum atomic E-state index is -0.131. The summed E-state index contributed by atoms with van der Waals surface area (Å²) in [7, 11) is 0. The van der Waals surface area contributed by atoms with E-state index in [1.54, 1.807) is 4.90 Å². The third-order valence-electron chi connectivity index (χ3n) is 5.54. The van der Waals surface area contributed by atoms with Crippen LogP contribution in [-0.2, 0) is 4.79 Å². The maximum atomic E-state index is 13.0. The van der Waals surface area contributed by atoms with Crippen molar-refractivity contribution in [2.75, 3.05) is 13.2 Å². The van der Waals surface area contributed by atoms with Crippen LogP contribution in [-0.4, -0.2) is 42.1 Å². The Labute approximate surface area is 147 Å². The number of piperazine rings is 1. The summed E-state index contributed by atoms with van der Waals surface area (Å²) in [5.74, 6) is 0.792. The van der Waals surface area contributed by atoms with E-state index >= 15 is 0 Å². The van der Waals surface area contributed by atoms with Crippen LogP contribution in [0.4, 0.5) is 4.79 Å². The van der Waals surface area contributed by atoms with Crippen molar-refractivity contribution >= 4 is 11.9 Å². The molecule has 1 aromatic carbocycles. The molecule has 0 aromatic heterocycles. The van der Waals surface area contributed by atoms with Gasteiger partial charge in [-0.2, -0.15) is 0 Å². The van der Waals surface area contributed by atoms with E-state index in [0.29, 0.717) is 6.61 Å². The number of nitrogens with one attached hydrogen (secondary N) is 2. The second kappa shape index (κ2) is 6.94. The molecule has 0 radical (unpaired) electrons. The van der Waals surface area contributed by atoms with Gasteiger partial charge in [0, 0.05) is 11.6 Å². The minimum Gasteiger partial charge on any atom is -0.493 e. The number of hydrogen-bond acceptors (Lipinski definition) is 3. The van der Waals surface area contributed by atoms with Gasteiger partial charge in [0.05, 0.1) is 18.7 Å². The number of ether oxygens (including phenoxy) is 1. The van der Waals surface area contributed by atoms with Gasteiger partial charge in [-0.3, -0.25) is 4.79 Å². The highest BCUT2D eigenvalue weighted by Gasteiger charge is 2.39. The average molecular weight is 343 g/mol. The van der Waals surface area contributed by atoms with Crippen LogP contribution in [0.1, 0.15) is 50.1 Å². The number of hydrogen-bond donors (Lipinski definition) is 2. The second-order valence-electron chi connectivity index (χ2n) is 7.18. The van der Waals surface area contributed by atoms with Crippen molar-refractivity contribution in [3.8, 4) is 5.75 Å². The highest BCUT2D eigenvalue weighted by atomic mass is 16.5. The summed E-state index contributed by atoms with van der Waals surface area (Å²) in [4.78, 5) is 26.8. The highest BCUT2D eigenvalue weighted by molar-refractivity contribution is 5.86. The van der Waals surface area contributed by atoms with Crippen molar-refractivity contribution in [3.05, 3.63) is 29.8 Å². The third kappa shape index (κ3) is 3.30. The minimum absolute atomic E-state index is 0.0529. The predicted molar refractivity (Wildman–Crippen MR) is 93.3 cm³/mol. The Balaban J connectivity index is 1.52. The van der Waals surface area contributed by atoms with Crippen LogP contribution in [0.2, 0.25) is 0 Å². The maximum absolute atomic E-state index is 13.0. The van der Waals surface area contributed by atoms with Crippen molar-refractivity contribution in [1.29, 1.82) is 0 Å². The zero-order valence-corrected chi connectivity index (χ0v) is 14.4. The Hall–Kier alpha value is -2.24. The lowest BCUT2D eigenvalue weighted by atomic mass is 9.87. The van der Waals surface area contributed by atoms with Crippen molar-refractivity contribution in [1.82, 2.24) is 15.5 Å². The molecule has 1 aliphatic carbocycles. The summed E-state index contributed by atoms with van der Waals surface area (Å²) in [5.41, 5.74) is 1.02. The number of carbonyl (C=O) groups is 2. The molecule has 1 saturated carbocycles. The quantitative estimate of drug-likeness (QED) is 0.822. The molecule has 2 heterocycles. The summed E-state index contributed by atoms with van der Waals surface area (Å²) in [6.07, 6.45) is 5.89. The fourth-order valence-electron chi connectivity index (χ4n) is 4.31. The van der Waals surface area contributed by atoms with Crippen molar-refractivity contribution < 1.29 is 14.3 Å². The first kappa shape index (κ1) is 16.2. The summed E-state index contributed by atoms with van der Waals surface area (Å²) >= 11 is 0. The molecule has 6 nitrogen and oxygen atoms in total. The van der Waals surface area contributed by atoms with Crippen molar-refractivity contribution in [2.45, 2.75) is 56.7 Å². The van der Waals surface area contributed by atoms with Gasteiger partial charge in [-0.05, 0) is 31.7 Å². The molecule has 1 saturated heterocycles. The van der Waals surface area contributed by atoms with Crippen LogP contribution < -0.4 is 15.4 Å². The topological polar surface area (TPSA) is 70.7 Å². The molecule has 2 N–H and O–H groups in total. The standard InChI is InChI=1S/C19H25N3O3/c23-18-12-22(16-9-3-2-7-15(16)20-18)19(24)21-14-8-5-11-25-17-10-4-1-6-13(14)17/h1,4,6,10,14-16H,2-3,5,7-9,11-12H2,(H,20,23)(H,21,24)/t14-,15+,16+/m1/s1. The molecular formula is C19H25N3O3. The van der Waals surface area contributed by atoms with Crippen LogP contribution in [0, 0.1) is 0 Å². The van der Waals surface area contributed by atoms with Crippen LogP contribution in [0.25, 0.3) is 0 Å². The van der Waals surface area contributed by atoms with Gasteiger partial charge in [0.25, 0.3) is 0 Å². The second-order valence-corrected chi connectivity index (χ2v) is 7.18. The first-order valence-corrected chi connectivity index (χ1v) is 9.30. The lowest BCUT2D eigenvalue weighted by Crippen LogP contribution is -2.64. The smallest absolute Gasteiger partial charge is 0.318 e. The zero-order valence-electron chi connectivity index (χ0n) is 14.4. The van der Waals surface area contributed by atoms with E-state index in [9.17, 15) is 9.59 Å². The number of nitrogens with zero attached hydrogens (tertiary/aromatic N) is 1. The normalized spacial score (nSPS) is 28.7. The van der Waals surface area contributed by atoms with Crippen molar-refractivity contribution in [3.63, 3.8) is 0 Å². The van der Waals surface area contributed by atoms with Gasteiger partial charge in [0.15, 0.2) is 0 Å². The third-order valence-corrected chi connectivity index (χ3v) is 5.54. The zero-order chi connectivity index (χ0) is 17.2. The molecule has 0 unspecified atom stereocenters.